The van der Waals surface area contributed by atoms with Gasteiger partial charge in [-0.3, -0.25) is 0 Å². The summed E-state index contributed by atoms with van der Waals surface area (Å²) in [7, 11) is 0. The second-order valence-corrected chi connectivity index (χ2v) is 5.89. The second-order valence-electron chi connectivity index (χ2n) is 4.61. The van der Waals surface area contributed by atoms with Crippen LogP contribution >= 0.6 is 11.8 Å². The molecule has 0 aliphatic heterocycles. The number of hydrogen-bond donors (Lipinski definition) is 2. The molecule has 0 amide bonds. The zero-order valence-electron chi connectivity index (χ0n) is 12.0. The van der Waals surface area contributed by atoms with Gasteiger partial charge in [-0.1, -0.05) is 19.1 Å². The Bertz CT molecular complexity index is 434. The predicted molar refractivity (Wildman–Crippen MR) is 83.1 cm³/mol. The van der Waals surface area contributed by atoms with Gasteiger partial charge in [0.25, 0.3) is 0 Å². The van der Waals surface area contributed by atoms with Crippen LogP contribution in [0.4, 0.5) is 0 Å². The third kappa shape index (κ3) is 6.29. The number of thioether (sulfide) groups is 1. The van der Waals surface area contributed by atoms with E-state index < -0.39 is 6.10 Å². The summed E-state index contributed by atoms with van der Waals surface area (Å²) in [4.78, 5) is 0. The molecule has 0 heterocycles. The average Bonchev–Trinajstić information content (AvgIpc) is 2.49. The highest BCUT2D eigenvalue weighted by atomic mass is 32.2. The van der Waals surface area contributed by atoms with Crippen LogP contribution in [-0.2, 0) is 0 Å². The van der Waals surface area contributed by atoms with Crippen molar-refractivity contribution in [2.24, 2.45) is 0 Å². The number of nitrogens with zero attached hydrogens (tertiary/aromatic N) is 1. The largest absolute Gasteiger partial charge is 0.489 e. The van der Waals surface area contributed by atoms with Crippen molar-refractivity contribution in [2.75, 3.05) is 26.0 Å². The maximum atomic E-state index is 9.82. The zero-order chi connectivity index (χ0) is 14.8. The van der Waals surface area contributed by atoms with Gasteiger partial charge in [0.15, 0.2) is 0 Å². The summed E-state index contributed by atoms with van der Waals surface area (Å²) in [5.74, 6) is 0.519. The van der Waals surface area contributed by atoms with Crippen LogP contribution < -0.4 is 10.1 Å². The fourth-order valence-corrected chi connectivity index (χ4v) is 1.98. The number of para-hydroxylation sites is 1. The molecule has 2 N–H and O–H groups in total. The molecule has 0 aromatic heterocycles. The molecule has 0 saturated carbocycles. The molecular weight excluding hydrogens is 272 g/mol. The molecule has 2 atom stereocenters. The van der Waals surface area contributed by atoms with Crippen molar-refractivity contribution in [3.05, 3.63) is 29.8 Å². The van der Waals surface area contributed by atoms with Gasteiger partial charge < -0.3 is 15.2 Å². The summed E-state index contributed by atoms with van der Waals surface area (Å²) in [6, 6.07) is 9.10. The Labute approximate surface area is 125 Å². The van der Waals surface area contributed by atoms with Crippen molar-refractivity contribution in [2.45, 2.75) is 24.7 Å². The van der Waals surface area contributed by atoms with Crippen LogP contribution in [0, 0.1) is 11.3 Å². The van der Waals surface area contributed by atoms with Gasteiger partial charge >= 0.3 is 0 Å². The van der Waals surface area contributed by atoms with Crippen LogP contribution in [0.15, 0.2) is 24.3 Å². The lowest BCUT2D eigenvalue weighted by molar-refractivity contribution is 0.106. The first-order valence-electron chi connectivity index (χ1n) is 6.71. The van der Waals surface area contributed by atoms with E-state index in [2.05, 4.69) is 24.6 Å². The lowest BCUT2D eigenvalue weighted by atomic mass is 10.2. The van der Waals surface area contributed by atoms with Crippen molar-refractivity contribution < 1.29 is 9.84 Å². The fourth-order valence-electron chi connectivity index (χ4n) is 1.62. The van der Waals surface area contributed by atoms with Crippen molar-refractivity contribution in [3.8, 4) is 11.8 Å². The molecule has 0 radical (unpaired) electrons. The number of aliphatic hydroxyl groups excluding tert-OH is 1. The lowest BCUT2D eigenvalue weighted by Gasteiger charge is -2.14. The Balaban J connectivity index is 2.23. The van der Waals surface area contributed by atoms with Crippen LogP contribution in [0.1, 0.15) is 18.9 Å². The summed E-state index contributed by atoms with van der Waals surface area (Å²) in [5, 5.41) is 22.6. The van der Waals surface area contributed by atoms with Gasteiger partial charge in [-0.05, 0) is 31.4 Å². The van der Waals surface area contributed by atoms with Gasteiger partial charge in [-0.15, -0.1) is 0 Å². The van der Waals surface area contributed by atoms with Crippen LogP contribution in [-0.4, -0.2) is 42.4 Å². The highest BCUT2D eigenvalue weighted by Gasteiger charge is 2.07. The van der Waals surface area contributed by atoms with Crippen molar-refractivity contribution in [1.29, 1.82) is 5.26 Å². The second kappa shape index (κ2) is 9.65. The summed E-state index contributed by atoms with van der Waals surface area (Å²) >= 11 is 1.84. The van der Waals surface area contributed by atoms with Crippen molar-refractivity contribution >= 4 is 11.8 Å². The maximum Gasteiger partial charge on any atom is 0.137 e. The topological polar surface area (TPSA) is 65.3 Å². The number of benzene rings is 1. The molecule has 4 nitrogen and oxygen atoms in total. The minimum Gasteiger partial charge on any atom is -0.489 e. The van der Waals surface area contributed by atoms with E-state index in [0.717, 1.165) is 13.0 Å². The minimum atomic E-state index is -0.577. The molecule has 1 aromatic rings. The molecule has 5 heteroatoms. The van der Waals surface area contributed by atoms with E-state index in [0.29, 0.717) is 23.1 Å². The normalized spacial score (nSPS) is 13.5. The Morgan fingerprint density at radius 2 is 2.20 bits per heavy atom. The highest BCUT2D eigenvalue weighted by Crippen LogP contribution is 2.16. The summed E-state index contributed by atoms with van der Waals surface area (Å²) in [5.41, 5.74) is 0.487. The zero-order valence-corrected chi connectivity index (χ0v) is 12.8. The molecule has 0 saturated heterocycles. The monoisotopic (exact) mass is 294 g/mol. The van der Waals surface area contributed by atoms with Crippen molar-refractivity contribution in [1.82, 2.24) is 5.32 Å². The highest BCUT2D eigenvalue weighted by molar-refractivity contribution is 7.99. The van der Waals surface area contributed by atoms with E-state index in [1.807, 2.05) is 17.8 Å². The SMILES string of the molecule is CSC(C)CCNCC(O)COc1ccccc1C#N. The van der Waals surface area contributed by atoms with Gasteiger partial charge in [0.1, 0.15) is 24.5 Å². The molecule has 0 aliphatic rings. The smallest absolute Gasteiger partial charge is 0.137 e. The molecule has 0 fully saturated rings. The van der Waals surface area contributed by atoms with Crippen LogP contribution in [0.25, 0.3) is 0 Å². The first-order chi connectivity index (χ1) is 9.67. The molecule has 110 valence electrons. The van der Waals surface area contributed by atoms with Crippen LogP contribution in [0.5, 0.6) is 5.75 Å². The molecule has 0 aliphatic carbocycles. The van der Waals surface area contributed by atoms with Gasteiger partial charge in [-0.25, -0.2) is 0 Å². The number of ether oxygens (including phenoxy) is 1. The quantitative estimate of drug-likeness (QED) is 0.682. The number of hydrogen-bond acceptors (Lipinski definition) is 5. The van der Waals surface area contributed by atoms with E-state index in [4.69, 9.17) is 10.00 Å². The summed E-state index contributed by atoms with van der Waals surface area (Å²) in [6.07, 6.45) is 2.60. The van der Waals surface area contributed by atoms with E-state index in [1.54, 1.807) is 18.2 Å². The Morgan fingerprint density at radius 1 is 1.45 bits per heavy atom. The third-order valence-electron chi connectivity index (χ3n) is 2.95. The van der Waals surface area contributed by atoms with Gasteiger partial charge in [0, 0.05) is 11.8 Å². The number of nitrogens with one attached hydrogen (secondary N) is 1. The Morgan fingerprint density at radius 3 is 2.90 bits per heavy atom. The first-order valence-corrected chi connectivity index (χ1v) is 7.99. The Hall–Kier alpha value is -1.22. The Kier molecular flexibility index (Phi) is 8.12. The minimum absolute atomic E-state index is 0.184. The van der Waals surface area contributed by atoms with Gasteiger partial charge in [0.2, 0.25) is 0 Å². The molecule has 20 heavy (non-hydrogen) atoms. The van der Waals surface area contributed by atoms with Crippen LogP contribution in [0.2, 0.25) is 0 Å². The average molecular weight is 294 g/mol. The maximum absolute atomic E-state index is 9.82. The molecule has 0 bridgehead atoms. The van der Waals surface area contributed by atoms with E-state index in [1.165, 1.54) is 0 Å². The first kappa shape index (κ1) is 16.8. The molecule has 1 aromatic carbocycles. The van der Waals surface area contributed by atoms with Crippen molar-refractivity contribution in [3.63, 3.8) is 0 Å². The number of nitriles is 1. The van der Waals surface area contributed by atoms with E-state index in [9.17, 15) is 5.11 Å². The summed E-state index contributed by atoms with van der Waals surface area (Å²) in [6.45, 7) is 3.75. The van der Waals surface area contributed by atoms with Gasteiger partial charge in [0.05, 0.1) is 5.56 Å². The standard InChI is InChI=1S/C15H22N2O2S/c1-12(20-2)7-8-17-10-14(18)11-19-15-6-4-3-5-13(15)9-16/h3-6,12,14,17-18H,7-8,10-11H2,1-2H3. The predicted octanol–water partition coefficient (Wildman–Crippen LogP) is 2.03. The van der Waals surface area contributed by atoms with E-state index in [-0.39, 0.29) is 6.61 Å². The molecule has 0 spiro atoms. The summed E-state index contributed by atoms with van der Waals surface area (Å²) < 4.78 is 5.47. The van der Waals surface area contributed by atoms with Gasteiger partial charge in [-0.2, -0.15) is 17.0 Å². The molecule has 1 rings (SSSR count). The molecule has 2 unspecified atom stereocenters. The molecular formula is C15H22N2O2S. The van der Waals surface area contributed by atoms with Crippen LogP contribution in [0.3, 0.4) is 0 Å². The third-order valence-corrected chi connectivity index (χ3v) is 3.99. The number of rotatable bonds is 9. The lowest BCUT2D eigenvalue weighted by Crippen LogP contribution is -2.32. The number of aliphatic hydroxyl groups is 1. The fraction of sp³-hybridized carbons (Fsp3) is 0.533. The van der Waals surface area contributed by atoms with E-state index >= 15 is 0 Å².